The summed E-state index contributed by atoms with van der Waals surface area (Å²) < 4.78 is 19.5. The van der Waals surface area contributed by atoms with Crippen molar-refractivity contribution in [3.63, 3.8) is 0 Å². The number of carbonyl (C=O) groups excluding carboxylic acids is 3. The van der Waals surface area contributed by atoms with Gasteiger partial charge in [0.1, 0.15) is 12.3 Å². The molecule has 4 aliphatic carbocycles. The minimum atomic E-state index is -0.658. The molecule has 31 heavy (non-hydrogen) atoms. The summed E-state index contributed by atoms with van der Waals surface area (Å²) in [5.74, 6) is -0.350. The molecule has 4 nitrogen and oxygen atoms in total. The second kappa shape index (κ2) is 7.03. The highest BCUT2D eigenvalue weighted by molar-refractivity contribution is 8.14. The molecular weight excluding hydrogens is 415 g/mol. The van der Waals surface area contributed by atoms with Crippen LogP contribution in [0.3, 0.4) is 0 Å². The summed E-state index contributed by atoms with van der Waals surface area (Å²) in [5, 5.41) is 0.184. The number of halogens is 1. The lowest BCUT2D eigenvalue weighted by Gasteiger charge is -2.56. The number of hydrogen-bond acceptors (Lipinski definition) is 5. The van der Waals surface area contributed by atoms with Gasteiger partial charge in [-0.3, -0.25) is 18.8 Å². The Hall–Kier alpha value is -1.43. The van der Waals surface area contributed by atoms with Crippen LogP contribution in [0.5, 0.6) is 0 Å². The van der Waals surface area contributed by atoms with Crippen molar-refractivity contribution in [2.45, 2.75) is 76.6 Å². The van der Waals surface area contributed by atoms with Gasteiger partial charge in [0.05, 0.1) is 5.92 Å². The fraction of sp³-hybridized carbons (Fsp3) is 0.720. The van der Waals surface area contributed by atoms with E-state index in [1.807, 2.05) is 6.08 Å². The van der Waals surface area contributed by atoms with Crippen molar-refractivity contribution < 1.29 is 23.5 Å². The van der Waals surface area contributed by atoms with E-state index in [0.717, 1.165) is 32.1 Å². The van der Waals surface area contributed by atoms with Crippen LogP contribution in [0.15, 0.2) is 23.3 Å². The molecule has 1 aliphatic heterocycles. The van der Waals surface area contributed by atoms with E-state index in [1.165, 1.54) is 22.9 Å². The zero-order valence-electron chi connectivity index (χ0n) is 18.5. The largest absolute Gasteiger partial charge is 0.458 e. The maximum atomic E-state index is 13.5. The summed E-state index contributed by atoms with van der Waals surface area (Å²) in [7, 11) is 0. The second-order valence-corrected chi connectivity index (χ2v) is 12.2. The van der Waals surface area contributed by atoms with Gasteiger partial charge in [0.2, 0.25) is 0 Å². The number of rotatable bonds is 2. The third kappa shape index (κ3) is 2.89. The number of esters is 1. The molecule has 7 atom stereocenters. The van der Waals surface area contributed by atoms with Gasteiger partial charge in [-0.1, -0.05) is 42.8 Å². The predicted molar refractivity (Wildman–Crippen MR) is 117 cm³/mol. The van der Waals surface area contributed by atoms with Crippen molar-refractivity contribution in [2.75, 3.05) is 6.67 Å². The lowest BCUT2D eigenvalue weighted by atomic mass is 9.50. The van der Waals surface area contributed by atoms with Gasteiger partial charge in [-0.15, -0.1) is 0 Å². The molecule has 0 amide bonds. The summed E-state index contributed by atoms with van der Waals surface area (Å²) in [6.45, 7) is 5.44. The molecule has 5 rings (SSSR count). The van der Waals surface area contributed by atoms with Crippen molar-refractivity contribution in [3.05, 3.63) is 23.3 Å². The molecule has 0 bridgehead atoms. The number of allylic oxidation sites excluding steroid dienone is 4. The Morgan fingerprint density at radius 2 is 2.06 bits per heavy atom. The van der Waals surface area contributed by atoms with E-state index in [0.29, 0.717) is 12.8 Å². The summed E-state index contributed by atoms with van der Waals surface area (Å²) in [4.78, 5) is 36.8. The molecule has 0 aromatic rings. The fourth-order valence-corrected chi connectivity index (χ4v) is 8.81. The summed E-state index contributed by atoms with van der Waals surface area (Å²) in [5.41, 5.74) is 1.57. The SMILES string of the molecule is CC(=O)SC1CC2=CC(=O)CC[C@]2(C)C2=CC[C@@]3(C)C(CC[C@@]34CC(CF)C(=O)O4)C21. The predicted octanol–water partition coefficient (Wildman–Crippen LogP) is 4.97. The van der Waals surface area contributed by atoms with Gasteiger partial charge in [0.15, 0.2) is 10.9 Å². The van der Waals surface area contributed by atoms with Gasteiger partial charge in [0.25, 0.3) is 0 Å². The van der Waals surface area contributed by atoms with E-state index in [2.05, 4.69) is 19.9 Å². The van der Waals surface area contributed by atoms with Crippen LogP contribution < -0.4 is 0 Å². The third-order valence-electron chi connectivity index (χ3n) is 9.34. The standard InChI is InChI=1S/C25H31FO4S/c1-14(27)31-20-11-16-10-17(28)4-7-23(16,2)18-5-8-24(3)19(21(18)20)6-9-25(24)12-15(13-26)22(29)30-25/h5,10,15,19-21H,4,6-9,11-13H2,1-3H3/t15?,19?,20?,21?,23-,24-,25+/m0/s1. The van der Waals surface area contributed by atoms with Crippen LogP contribution in [0.1, 0.15) is 65.7 Å². The monoisotopic (exact) mass is 446 g/mol. The quantitative estimate of drug-likeness (QED) is 0.443. The third-order valence-corrected chi connectivity index (χ3v) is 10.4. The topological polar surface area (TPSA) is 60.4 Å². The van der Waals surface area contributed by atoms with Gasteiger partial charge in [0, 0.05) is 35.8 Å². The van der Waals surface area contributed by atoms with Crippen molar-refractivity contribution >= 4 is 28.6 Å². The molecule has 0 radical (unpaired) electrons. The first-order valence-electron chi connectivity index (χ1n) is 11.5. The lowest BCUT2D eigenvalue weighted by Crippen LogP contribution is -2.53. The number of hydrogen-bond donors (Lipinski definition) is 0. The summed E-state index contributed by atoms with van der Waals surface area (Å²) in [6, 6.07) is 0. The minimum Gasteiger partial charge on any atom is -0.458 e. The molecule has 1 saturated heterocycles. The molecular formula is C25H31FO4S. The van der Waals surface area contributed by atoms with E-state index in [4.69, 9.17) is 4.74 Å². The molecule has 1 heterocycles. The van der Waals surface area contributed by atoms with Crippen LogP contribution in [0.2, 0.25) is 0 Å². The Morgan fingerprint density at radius 1 is 1.29 bits per heavy atom. The molecule has 4 unspecified atom stereocenters. The lowest BCUT2D eigenvalue weighted by molar-refractivity contribution is -0.161. The fourth-order valence-electron chi connectivity index (χ4n) is 7.64. The van der Waals surface area contributed by atoms with Crippen molar-refractivity contribution in [1.29, 1.82) is 0 Å². The van der Waals surface area contributed by atoms with Gasteiger partial charge in [-0.25, -0.2) is 0 Å². The van der Waals surface area contributed by atoms with Crippen molar-refractivity contribution in [1.82, 2.24) is 0 Å². The first kappa shape index (κ1) is 21.4. The smallest absolute Gasteiger partial charge is 0.312 e. The first-order chi connectivity index (χ1) is 14.6. The minimum absolute atomic E-state index is 0.0860. The van der Waals surface area contributed by atoms with Gasteiger partial charge < -0.3 is 4.74 Å². The van der Waals surface area contributed by atoms with Crippen LogP contribution in [0.4, 0.5) is 4.39 Å². The van der Waals surface area contributed by atoms with Crippen LogP contribution in [-0.2, 0) is 19.1 Å². The zero-order chi connectivity index (χ0) is 22.2. The number of alkyl halides is 1. The summed E-state index contributed by atoms with van der Waals surface area (Å²) in [6.07, 6.45) is 9.26. The maximum absolute atomic E-state index is 13.5. The van der Waals surface area contributed by atoms with Crippen LogP contribution in [0, 0.1) is 28.6 Å². The van der Waals surface area contributed by atoms with Gasteiger partial charge in [-0.05, 0) is 50.0 Å². The van der Waals surface area contributed by atoms with Crippen LogP contribution in [0.25, 0.3) is 0 Å². The van der Waals surface area contributed by atoms with E-state index in [9.17, 15) is 18.8 Å². The number of ether oxygens (including phenoxy) is 1. The molecule has 0 aromatic carbocycles. The Kier molecular flexibility index (Phi) is 4.86. The number of carbonyl (C=O) groups is 3. The Labute approximate surface area is 187 Å². The van der Waals surface area contributed by atoms with Crippen molar-refractivity contribution in [3.8, 4) is 0 Å². The van der Waals surface area contributed by atoms with Gasteiger partial charge >= 0.3 is 5.97 Å². The Balaban J connectivity index is 1.59. The highest BCUT2D eigenvalue weighted by Crippen LogP contribution is 2.69. The van der Waals surface area contributed by atoms with Gasteiger partial charge in [-0.2, -0.15) is 0 Å². The maximum Gasteiger partial charge on any atom is 0.312 e. The van der Waals surface area contributed by atoms with Crippen LogP contribution >= 0.6 is 11.8 Å². The van der Waals surface area contributed by atoms with Crippen molar-refractivity contribution in [2.24, 2.45) is 28.6 Å². The molecule has 0 aromatic heterocycles. The van der Waals surface area contributed by atoms with E-state index < -0.39 is 18.2 Å². The average molecular weight is 447 g/mol. The Bertz CT molecular complexity index is 924. The van der Waals surface area contributed by atoms with E-state index >= 15 is 0 Å². The van der Waals surface area contributed by atoms with E-state index in [-0.39, 0.29) is 44.8 Å². The number of thioether (sulfide) groups is 1. The zero-order valence-corrected chi connectivity index (χ0v) is 19.4. The van der Waals surface area contributed by atoms with Crippen LogP contribution in [-0.4, -0.2) is 34.4 Å². The first-order valence-corrected chi connectivity index (χ1v) is 12.4. The second-order valence-electron chi connectivity index (χ2n) is 10.7. The molecule has 6 heteroatoms. The average Bonchev–Trinajstić information content (AvgIpc) is 3.19. The molecule has 0 N–H and O–H groups in total. The van der Waals surface area contributed by atoms with E-state index in [1.54, 1.807) is 6.92 Å². The highest BCUT2D eigenvalue weighted by atomic mass is 32.2. The highest BCUT2D eigenvalue weighted by Gasteiger charge is 2.68. The summed E-state index contributed by atoms with van der Waals surface area (Å²) >= 11 is 1.40. The molecule has 3 fully saturated rings. The number of fused-ring (bicyclic) bond motifs is 6. The molecule has 168 valence electrons. The molecule has 1 spiro atoms. The Morgan fingerprint density at radius 3 is 2.74 bits per heavy atom. The number of ketones is 1. The molecule has 5 aliphatic rings. The normalized spacial score (nSPS) is 46.1. The molecule has 2 saturated carbocycles.